The third-order valence-corrected chi connectivity index (χ3v) is 3.56. The predicted molar refractivity (Wildman–Crippen MR) is 82.5 cm³/mol. The number of nitro groups is 2. The largest absolute Gasteiger partial charge is 0.303 e. The maximum Gasteiger partial charge on any atom is 0.279 e. The van der Waals surface area contributed by atoms with Crippen LogP contribution in [0.2, 0.25) is 0 Å². The molecule has 0 saturated carbocycles. The van der Waals surface area contributed by atoms with Gasteiger partial charge in [-0.2, -0.15) is 0 Å². The second-order valence-corrected chi connectivity index (χ2v) is 5.15. The monoisotopic (exact) mass is 336 g/mol. The van der Waals surface area contributed by atoms with E-state index in [9.17, 15) is 34.6 Å². The molecule has 128 valence electrons. The zero-order chi connectivity index (χ0) is 18.1. The minimum absolute atomic E-state index is 0.0325. The molecule has 0 aromatic heterocycles. The quantitative estimate of drug-likeness (QED) is 0.343. The lowest BCUT2D eigenvalue weighted by molar-refractivity contribution is -0.394. The summed E-state index contributed by atoms with van der Waals surface area (Å²) in [6, 6.07) is 3.36. The van der Waals surface area contributed by atoms with E-state index in [2.05, 4.69) is 0 Å². The van der Waals surface area contributed by atoms with Crippen molar-refractivity contribution in [2.45, 2.75) is 32.1 Å². The molecular formula is C15H16N2O7. The molecule has 0 radical (unpaired) electrons. The zero-order valence-electron chi connectivity index (χ0n) is 12.8. The summed E-state index contributed by atoms with van der Waals surface area (Å²) < 4.78 is 0. The minimum Gasteiger partial charge on any atom is -0.303 e. The average Bonchev–Trinajstić information content (AvgIpc) is 2.54. The lowest BCUT2D eigenvalue weighted by atomic mass is 9.93. The van der Waals surface area contributed by atoms with Gasteiger partial charge in [0.05, 0.1) is 15.9 Å². The molecule has 0 bridgehead atoms. The zero-order valence-corrected chi connectivity index (χ0v) is 12.8. The Bertz CT molecular complexity index is 647. The summed E-state index contributed by atoms with van der Waals surface area (Å²) in [5.74, 6) is -0.911. The fourth-order valence-corrected chi connectivity index (χ4v) is 2.30. The van der Waals surface area contributed by atoms with Gasteiger partial charge in [0.25, 0.3) is 11.4 Å². The summed E-state index contributed by atoms with van der Waals surface area (Å²) in [7, 11) is 0. The maximum atomic E-state index is 11.9. The maximum absolute atomic E-state index is 11.9. The van der Waals surface area contributed by atoms with Gasteiger partial charge in [-0.1, -0.05) is 0 Å². The summed E-state index contributed by atoms with van der Waals surface area (Å²) in [6.07, 6.45) is 1.63. The van der Waals surface area contributed by atoms with E-state index in [0.717, 1.165) is 6.07 Å². The summed E-state index contributed by atoms with van der Waals surface area (Å²) in [6.45, 7) is 0. The molecule has 1 rings (SSSR count). The van der Waals surface area contributed by atoms with Gasteiger partial charge in [-0.05, 0) is 18.9 Å². The molecule has 0 aliphatic carbocycles. The van der Waals surface area contributed by atoms with Gasteiger partial charge in [-0.25, -0.2) is 0 Å². The second-order valence-electron chi connectivity index (χ2n) is 5.15. The first-order valence-corrected chi connectivity index (χ1v) is 7.22. The molecule has 0 spiro atoms. The highest BCUT2D eigenvalue weighted by Crippen LogP contribution is 2.26. The first-order valence-electron chi connectivity index (χ1n) is 7.22. The number of aldehydes is 2. The molecule has 0 saturated heterocycles. The molecule has 0 fully saturated rings. The van der Waals surface area contributed by atoms with Gasteiger partial charge in [0.1, 0.15) is 18.4 Å². The van der Waals surface area contributed by atoms with Crippen molar-refractivity contribution < 1.29 is 24.2 Å². The van der Waals surface area contributed by atoms with Crippen LogP contribution in [0.3, 0.4) is 0 Å². The van der Waals surface area contributed by atoms with E-state index in [-0.39, 0.29) is 49.3 Å². The van der Waals surface area contributed by atoms with Gasteiger partial charge < -0.3 is 9.59 Å². The molecule has 0 heterocycles. The van der Waals surface area contributed by atoms with Crippen LogP contribution in [-0.2, 0) is 20.8 Å². The normalized spacial score (nSPS) is 10.4. The molecule has 0 atom stereocenters. The summed E-state index contributed by atoms with van der Waals surface area (Å²) in [5, 5.41) is 21.7. The van der Waals surface area contributed by atoms with Crippen molar-refractivity contribution in [2.75, 3.05) is 0 Å². The molecular weight excluding hydrogens is 320 g/mol. The fraction of sp³-hybridized carbons (Fsp3) is 0.400. The number of non-ortho nitro benzene ring substituents is 1. The number of nitro benzene ring substituents is 2. The van der Waals surface area contributed by atoms with Crippen molar-refractivity contribution in [1.82, 2.24) is 0 Å². The van der Waals surface area contributed by atoms with Crippen molar-refractivity contribution >= 4 is 29.7 Å². The highest BCUT2D eigenvalue weighted by atomic mass is 16.6. The smallest absolute Gasteiger partial charge is 0.279 e. The van der Waals surface area contributed by atoms with Crippen LogP contribution in [0.1, 0.15) is 31.2 Å². The van der Waals surface area contributed by atoms with Crippen LogP contribution in [0.4, 0.5) is 11.4 Å². The SMILES string of the molecule is O=CCC(CC=O)C(=O)CCCc1ccc([N+](=O)[O-])cc1[N+](=O)[O-]. The lowest BCUT2D eigenvalue weighted by Crippen LogP contribution is -2.16. The Morgan fingerprint density at radius 1 is 1.08 bits per heavy atom. The predicted octanol–water partition coefficient (Wildman–Crippen LogP) is 2.19. The number of rotatable bonds is 11. The molecule has 0 aliphatic heterocycles. The number of ketones is 1. The van der Waals surface area contributed by atoms with E-state index >= 15 is 0 Å². The van der Waals surface area contributed by atoms with Crippen LogP contribution in [0.15, 0.2) is 18.2 Å². The van der Waals surface area contributed by atoms with Crippen molar-refractivity contribution in [3.63, 3.8) is 0 Å². The number of benzene rings is 1. The van der Waals surface area contributed by atoms with Gasteiger partial charge in [0.2, 0.25) is 0 Å². The van der Waals surface area contributed by atoms with Crippen molar-refractivity contribution in [3.05, 3.63) is 44.0 Å². The van der Waals surface area contributed by atoms with E-state index in [4.69, 9.17) is 0 Å². The Balaban J connectivity index is 2.75. The number of nitrogens with zero attached hydrogens (tertiary/aromatic N) is 2. The van der Waals surface area contributed by atoms with Crippen LogP contribution in [0.25, 0.3) is 0 Å². The first-order chi connectivity index (χ1) is 11.4. The number of aryl methyl sites for hydroxylation is 1. The van der Waals surface area contributed by atoms with E-state index in [0.29, 0.717) is 18.1 Å². The van der Waals surface area contributed by atoms with Crippen LogP contribution in [-0.4, -0.2) is 28.2 Å². The molecule has 9 nitrogen and oxygen atoms in total. The lowest BCUT2D eigenvalue weighted by Gasteiger charge is -2.09. The summed E-state index contributed by atoms with van der Waals surface area (Å²) in [5.41, 5.74) is -0.451. The Kier molecular flexibility index (Phi) is 7.34. The number of hydrogen-bond acceptors (Lipinski definition) is 7. The Hall–Kier alpha value is -2.97. The van der Waals surface area contributed by atoms with E-state index < -0.39 is 15.8 Å². The standard InChI is InChI=1S/C15H16N2O7/c18-8-6-12(7-9-19)15(20)3-1-2-11-4-5-13(16(21)22)10-14(11)17(23)24/h4-5,8-10,12H,1-3,6-7H2. The van der Waals surface area contributed by atoms with Crippen LogP contribution in [0, 0.1) is 26.1 Å². The molecule has 24 heavy (non-hydrogen) atoms. The average molecular weight is 336 g/mol. The topological polar surface area (TPSA) is 137 Å². The highest BCUT2D eigenvalue weighted by Gasteiger charge is 2.21. The highest BCUT2D eigenvalue weighted by molar-refractivity contribution is 5.85. The summed E-state index contributed by atoms with van der Waals surface area (Å²) in [4.78, 5) is 53.2. The fourth-order valence-electron chi connectivity index (χ4n) is 2.30. The third kappa shape index (κ3) is 5.34. The van der Waals surface area contributed by atoms with Crippen LogP contribution >= 0.6 is 0 Å². The van der Waals surface area contributed by atoms with Crippen molar-refractivity contribution in [3.8, 4) is 0 Å². The number of Topliss-reactive ketones (excluding diaryl/α,β-unsaturated/α-hetero) is 1. The van der Waals surface area contributed by atoms with E-state index in [1.54, 1.807) is 0 Å². The molecule has 9 heteroatoms. The first kappa shape index (κ1) is 19.1. The van der Waals surface area contributed by atoms with Crippen molar-refractivity contribution in [2.24, 2.45) is 5.92 Å². The molecule has 0 N–H and O–H groups in total. The van der Waals surface area contributed by atoms with Crippen LogP contribution in [0.5, 0.6) is 0 Å². The van der Waals surface area contributed by atoms with Gasteiger partial charge in [0.15, 0.2) is 0 Å². The minimum atomic E-state index is -0.718. The number of hydrogen-bond donors (Lipinski definition) is 0. The molecule has 1 aromatic carbocycles. The van der Waals surface area contributed by atoms with Gasteiger partial charge in [-0.15, -0.1) is 0 Å². The second kappa shape index (κ2) is 9.23. The van der Waals surface area contributed by atoms with Gasteiger partial charge in [0, 0.05) is 36.8 Å². The molecule has 0 aliphatic rings. The Morgan fingerprint density at radius 2 is 1.71 bits per heavy atom. The van der Waals surface area contributed by atoms with Crippen LogP contribution < -0.4 is 0 Å². The van der Waals surface area contributed by atoms with E-state index in [1.807, 2.05) is 0 Å². The summed E-state index contributed by atoms with van der Waals surface area (Å²) >= 11 is 0. The van der Waals surface area contributed by atoms with E-state index in [1.165, 1.54) is 12.1 Å². The molecule has 0 amide bonds. The molecule has 0 unspecified atom stereocenters. The van der Waals surface area contributed by atoms with Gasteiger partial charge >= 0.3 is 0 Å². The molecule has 1 aromatic rings. The van der Waals surface area contributed by atoms with Gasteiger partial charge in [-0.3, -0.25) is 25.0 Å². The third-order valence-electron chi connectivity index (χ3n) is 3.56. The van der Waals surface area contributed by atoms with Crippen molar-refractivity contribution in [1.29, 1.82) is 0 Å². The Labute approximate surface area is 137 Å². The number of carbonyl (C=O) groups excluding carboxylic acids is 3. The number of carbonyl (C=O) groups is 3. The Morgan fingerprint density at radius 3 is 2.21 bits per heavy atom.